The topological polar surface area (TPSA) is 66.6 Å². The number of rotatable bonds is 2. The second-order valence-corrected chi connectivity index (χ2v) is 3.62. The summed E-state index contributed by atoms with van der Waals surface area (Å²) < 4.78 is 0. The molecule has 5 nitrogen and oxygen atoms in total. The second kappa shape index (κ2) is 3.76. The molecule has 1 aliphatic rings. The highest BCUT2D eigenvalue weighted by molar-refractivity contribution is 5.66. The van der Waals surface area contributed by atoms with Gasteiger partial charge in [0.15, 0.2) is 0 Å². The molecule has 1 fully saturated rings. The molecule has 0 amide bonds. The number of phenolic OH excluding ortho intramolecular Hbond substituents is 1. The van der Waals surface area contributed by atoms with Gasteiger partial charge in [-0.1, -0.05) is 0 Å². The first kappa shape index (κ1) is 9.76. The van der Waals surface area contributed by atoms with Crippen molar-refractivity contribution in [2.24, 2.45) is 0 Å². The van der Waals surface area contributed by atoms with Gasteiger partial charge in [0.05, 0.1) is 4.92 Å². The maximum atomic E-state index is 10.8. The molecule has 0 atom stereocenters. The Kier molecular flexibility index (Phi) is 2.45. The fourth-order valence-corrected chi connectivity index (χ4v) is 1.88. The molecule has 5 heteroatoms. The molecule has 1 saturated heterocycles. The summed E-state index contributed by atoms with van der Waals surface area (Å²) >= 11 is 0. The van der Waals surface area contributed by atoms with Crippen LogP contribution in [0.1, 0.15) is 12.8 Å². The minimum Gasteiger partial charge on any atom is -0.508 e. The van der Waals surface area contributed by atoms with E-state index in [4.69, 9.17) is 0 Å². The molecule has 0 spiro atoms. The monoisotopic (exact) mass is 208 g/mol. The minimum atomic E-state index is -0.410. The quantitative estimate of drug-likeness (QED) is 0.595. The summed E-state index contributed by atoms with van der Waals surface area (Å²) in [4.78, 5) is 12.3. The van der Waals surface area contributed by atoms with E-state index in [1.807, 2.05) is 4.90 Å². The summed E-state index contributed by atoms with van der Waals surface area (Å²) in [7, 11) is 0. The zero-order chi connectivity index (χ0) is 10.8. The van der Waals surface area contributed by atoms with Crippen molar-refractivity contribution < 1.29 is 10.0 Å². The maximum absolute atomic E-state index is 10.8. The average Bonchev–Trinajstić information content (AvgIpc) is 2.69. The van der Waals surface area contributed by atoms with Gasteiger partial charge in [0.1, 0.15) is 11.4 Å². The van der Waals surface area contributed by atoms with Crippen LogP contribution < -0.4 is 4.90 Å². The van der Waals surface area contributed by atoms with Gasteiger partial charge in [-0.05, 0) is 18.9 Å². The molecule has 1 heterocycles. The Bertz CT molecular complexity index is 386. The SMILES string of the molecule is O=[N+]([O-])c1ccc(O)cc1N1CCCC1. The number of nitro groups is 1. The van der Waals surface area contributed by atoms with E-state index in [0.29, 0.717) is 5.69 Å². The van der Waals surface area contributed by atoms with E-state index in [2.05, 4.69) is 0 Å². The third-order valence-electron chi connectivity index (χ3n) is 2.60. The molecule has 0 saturated carbocycles. The number of nitrogens with zero attached hydrogens (tertiary/aromatic N) is 2. The summed E-state index contributed by atoms with van der Waals surface area (Å²) in [6.07, 6.45) is 2.10. The van der Waals surface area contributed by atoms with Gasteiger partial charge in [-0.3, -0.25) is 10.1 Å². The van der Waals surface area contributed by atoms with Crippen molar-refractivity contribution in [3.8, 4) is 5.75 Å². The van der Waals surface area contributed by atoms with Crippen molar-refractivity contribution in [2.45, 2.75) is 12.8 Å². The van der Waals surface area contributed by atoms with E-state index < -0.39 is 4.92 Å². The highest BCUT2D eigenvalue weighted by Crippen LogP contribution is 2.33. The predicted octanol–water partition coefficient (Wildman–Crippen LogP) is 1.90. The Labute approximate surface area is 87.1 Å². The number of hydrogen-bond acceptors (Lipinski definition) is 4. The average molecular weight is 208 g/mol. The normalized spacial score (nSPS) is 15.6. The number of benzene rings is 1. The molecular formula is C10H12N2O3. The summed E-state index contributed by atoms with van der Waals surface area (Å²) in [5, 5.41) is 20.1. The molecule has 1 aliphatic heterocycles. The van der Waals surface area contributed by atoms with Crippen LogP contribution in [0, 0.1) is 10.1 Å². The Morgan fingerprint density at radius 1 is 1.33 bits per heavy atom. The summed E-state index contributed by atoms with van der Waals surface area (Å²) in [5.41, 5.74) is 0.590. The van der Waals surface area contributed by atoms with Crippen molar-refractivity contribution in [1.82, 2.24) is 0 Å². The van der Waals surface area contributed by atoms with Gasteiger partial charge < -0.3 is 10.0 Å². The number of nitro benzene ring substituents is 1. The number of anilines is 1. The lowest BCUT2D eigenvalue weighted by atomic mass is 10.2. The predicted molar refractivity (Wildman–Crippen MR) is 56.2 cm³/mol. The molecule has 1 N–H and O–H groups in total. The van der Waals surface area contributed by atoms with Crippen molar-refractivity contribution in [3.63, 3.8) is 0 Å². The van der Waals surface area contributed by atoms with Crippen molar-refractivity contribution in [1.29, 1.82) is 0 Å². The number of phenols is 1. The van der Waals surface area contributed by atoms with Crippen molar-refractivity contribution in [3.05, 3.63) is 28.3 Å². The zero-order valence-corrected chi connectivity index (χ0v) is 8.22. The highest BCUT2D eigenvalue weighted by Gasteiger charge is 2.22. The third kappa shape index (κ3) is 1.86. The third-order valence-corrected chi connectivity index (χ3v) is 2.60. The van der Waals surface area contributed by atoms with Crippen LogP contribution >= 0.6 is 0 Å². The first-order valence-corrected chi connectivity index (χ1v) is 4.91. The van der Waals surface area contributed by atoms with Crippen LogP contribution in [0.25, 0.3) is 0 Å². The standard InChI is InChI=1S/C10H12N2O3/c13-8-3-4-9(12(14)15)10(7-8)11-5-1-2-6-11/h3-4,7,13H,1-2,5-6H2. The van der Waals surface area contributed by atoms with Crippen LogP contribution in [0.4, 0.5) is 11.4 Å². The molecule has 0 bridgehead atoms. The highest BCUT2D eigenvalue weighted by atomic mass is 16.6. The molecule has 2 rings (SSSR count). The molecule has 0 aliphatic carbocycles. The first-order chi connectivity index (χ1) is 7.18. The number of aromatic hydroxyl groups is 1. The van der Waals surface area contributed by atoms with Gasteiger partial charge in [0, 0.05) is 25.2 Å². The van der Waals surface area contributed by atoms with Gasteiger partial charge in [0.25, 0.3) is 5.69 Å². The molecule has 1 aromatic carbocycles. The van der Waals surface area contributed by atoms with E-state index in [1.165, 1.54) is 18.2 Å². The zero-order valence-electron chi connectivity index (χ0n) is 8.22. The Morgan fingerprint density at radius 3 is 2.60 bits per heavy atom. The van der Waals surface area contributed by atoms with Gasteiger partial charge >= 0.3 is 0 Å². The van der Waals surface area contributed by atoms with Gasteiger partial charge in [-0.2, -0.15) is 0 Å². The fourth-order valence-electron chi connectivity index (χ4n) is 1.88. The largest absolute Gasteiger partial charge is 0.508 e. The lowest BCUT2D eigenvalue weighted by Crippen LogP contribution is -2.18. The van der Waals surface area contributed by atoms with Gasteiger partial charge in [0.2, 0.25) is 0 Å². The van der Waals surface area contributed by atoms with Crippen LogP contribution in [0.15, 0.2) is 18.2 Å². The van der Waals surface area contributed by atoms with E-state index in [0.717, 1.165) is 25.9 Å². The lowest BCUT2D eigenvalue weighted by molar-refractivity contribution is -0.384. The molecule has 0 radical (unpaired) electrons. The summed E-state index contributed by atoms with van der Waals surface area (Å²) in [6.45, 7) is 1.65. The molecular weight excluding hydrogens is 196 g/mol. The number of hydrogen-bond donors (Lipinski definition) is 1. The van der Waals surface area contributed by atoms with E-state index in [9.17, 15) is 15.2 Å². The molecule has 1 aromatic rings. The van der Waals surface area contributed by atoms with Crippen LogP contribution in [-0.2, 0) is 0 Å². The Hall–Kier alpha value is -1.78. The van der Waals surface area contributed by atoms with Crippen LogP contribution in [0.2, 0.25) is 0 Å². The lowest BCUT2D eigenvalue weighted by Gasteiger charge is -2.17. The van der Waals surface area contributed by atoms with E-state index >= 15 is 0 Å². The molecule has 80 valence electrons. The van der Waals surface area contributed by atoms with Crippen LogP contribution in [-0.4, -0.2) is 23.1 Å². The van der Waals surface area contributed by atoms with Gasteiger partial charge in [-0.15, -0.1) is 0 Å². The second-order valence-electron chi connectivity index (χ2n) is 3.62. The minimum absolute atomic E-state index is 0.0645. The van der Waals surface area contributed by atoms with Crippen molar-refractivity contribution in [2.75, 3.05) is 18.0 Å². The first-order valence-electron chi connectivity index (χ1n) is 4.91. The van der Waals surface area contributed by atoms with Crippen molar-refractivity contribution >= 4 is 11.4 Å². The van der Waals surface area contributed by atoms with Gasteiger partial charge in [-0.25, -0.2) is 0 Å². The van der Waals surface area contributed by atoms with E-state index in [1.54, 1.807) is 0 Å². The van der Waals surface area contributed by atoms with E-state index in [-0.39, 0.29) is 11.4 Å². The Balaban J connectivity index is 2.41. The van der Waals surface area contributed by atoms with Crippen LogP contribution in [0.5, 0.6) is 5.75 Å². The maximum Gasteiger partial charge on any atom is 0.292 e. The van der Waals surface area contributed by atoms with Crippen LogP contribution in [0.3, 0.4) is 0 Å². The smallest absolute Gasteiger partial charge is 0.292 e. The molecule has 0 unspecified atom stereocenters. The molecule has 0 aromatic heterocycles. The Morgan fingerprint density at radius 2 is 2.00 bits per heavy atom. The summed E-state index contributed by atoms with van der Waals surface area (Å²) in [5.74, 6) is 0.0718. The molecule has 15 heavy (non-hydrogen) atoms. The fraction of sp³-hybridized carbons (Fsp3) is 0.400. The summed E-state index contributed by atoms with van der Waals surface area (Å²) in [6, 6.07) is 4.16.